The zero-order valence-electron chi connectivity index (χ0n) is 23.7. The highest BCUT2D eigenvalue weighted by atomic mass is 32.1. The standard InChI is InChI=1S/C37H21N7S/c1-4-14-29-23(9-1)27-12-7-19-38-34(27)43(29)36-40-33(22-17-18-26-25-11-3-6-16-31(25)45-32(26)21-22)41-37(42-36)44-30-15-5-2-10-24(30)28-13-8-20-39-35(28)44/h1-21H. The van der Waals surface area contributed by atoms with Gasteiger partial charge < -0.3 is 0 Å². The second-order valence-electron chi connectivity index (χ2n) is 11.0. The molecule has 6 aromatic heterocycles. The lowest BCUT2D eigenvalue weighted by Crippen LogP contribution is -2.10. The molecule has 0 aliphatic carbocycles. The van der Waals surface area contributed by atoms with E-state index in [1.54, 1.807) is 11.3 Å². The molecule has 0 spiro atoms. The normalized spacial score (nSPS) is 12.0. The lowest BCUT2D eigenvalue weighted by atomic mass is 10.1. The Hall–Kier alpha value is -5.99. The average Bonchev–Trinajstić information content (AvgIpc) is 3.75. The summed E-state index contributed by atoms with van der Waals surface area (Å²) in [4.78, 5) is 25.1. The molecule has 4 aromatic carbocycles. The summed E-state index contributed by atoms with van der Waals surface area (Å²) < 4.78 is 6.53. The molecule has 0 unspecified atom stereocenters. The number of nitrogens with zero attached hydrogens (tertiary/aromatic N) is 7. The number of thiophene rings is 1. The van der Waals surface area contributed by atoms with Crippen molar-refractivity contribution in [3.8, 4) is 23.3 Å². The van der Waals surface area contributed by atoms with Crippen LogP contribution in [0.4, 0.5) is 0 Å². The van der Waals surface area contributed by atoms with E-state index in [1.165, 1.54) is 20.2 Å². The number of para-hydroxylation sites is 2. The van der Waals surface area contributed by atoms with E-state index in [4.69, 9.17) is 24.9 Å². The van der Waals surface area contributed by atoms with E-state index < -0.39 is 0 Å². The molecular weight excluding hydrogens is 575 g/mol. The minimum Gasteiger partial charge on any atom is -0.262 e. The fourth-order valence-corrected chi connectivity index (χ4v) is 7.69. The molecule has 6 heterocycles. The largest absolute Gasteiger partial charge is 0.262 e. The van der Waals surface area contributed by atoms with Crippen LogP contribution in [0.2, 0.25) is 0 Å². The summed E-state index contributed by atoms with van der Waals surface area (Å²) in [5.41, 5.74) is 4.47. The number of rotatable bonds is 3. The van der Waals surface area contributed by atoms with Gasteiger partial charge in [0.1, 0.15) is 11.3 Å². The Bertz CT molecular complexity index is 2550. The number of pyridine rings is 2. The Kier molecular flexibility index (Phi) is 5.03. The maximum atomic E-state index is 5.17. The minimum absolute atomic E-state index is 0.498. The first-order chi connectivity index (χ1) is 22.3. The fourth-order valence-electron chi connectivity index (χ4n) is 6.54. The van der Waals surface area contributed by atoms with Gasteiger partial charge in [0.2, 0.25) is 11.9 Å². The van der Waals surface area contributed by atoms with E-state index in [2.05, 4.69) is 78.9 Å². The van der Waals surface area contributed by atoms with E-state index in [0.717, 1.165) is 49.4 Å². The van der Waals surface area contributed by atoms with Crippen molar-refractivity contribution in [1.29, 1.82) is 0 Å². The van der Waals surface area contributed by atoms with Crippen LogP contribution in [-0.4, -0.2) is 34.1 Å². The molecule has 0 saturated heterocycles. The predicted molar refractivity (Wildman–Crippen MR) is 182 cm³/mol. The average molecular weight is 596 g/mol. The van der Waals surface area contributed by atoms with E-state index in [-0.39, 0.29) is 0 Å². The van der Waals surface area contributed by atoms with Gasteiger partial charge in [-0.3, -0.25) is 9.13 Å². The Morgan fingerprint density at radius 1 is 0.444 bits per heavy atom. The van der Waals surface area contributed by atoms with Gasteiger partial charge in [-0.1, -0.05) is 66.7 Å². The third-order valence-corrected chi connectivity index (χ3v) is 9.65. The quantitative estimate of drug-likeness (QED) is 0.204. The molecule has 0 aliphatic heterocycles. The van der Waals surface area contributed by atoms with Gasteiger partial charge in [-0.25, -0.2) is 9.97 Å². The molecule has 0 aliphatic rings. The maximum absolute atomic E-state index is 5.17. The summed E-state index contributed by atoms with van der Waals surface area (Å²) in [6, 6.07) is 39.7. The first-order valence-corrected chi connectivity index (χ1v) is 15.5. The summed E-state index contributed by atoms with van der Waals surface area (Å²) in [7, 11) is 0. The summed E-state index contributed by atoms with van der Waals surface area (Å²) in [6.07, 6.45) is 3.62. The Balaban J connectivity index is 1.31. The molecule has 0 amide bonds. The van der Waals surface area contributed by atoms with Crippen LogP contribution in [0.15, 0.2) is 128 Å². The van der Waals surface area contributed by atoms with Crippen molar-refractivity contribution >= 4 is 75.4 Å². The van der Waals surface area contributed by atoms with Crippen LogP contribution in [0.5, 0.6) is 0 Å². The number of fused-ring (bicyclic) bond motifs is 9. The second-order valence-corrected chi connectivity index (χ2v) is 12.1. The topological polar surface area (TPSA) is 74.3 Å². The van der Waals surface area contributed by atoms with E-state index in [9.17, 15) is 0 Å². The number of aromatic nitrogens is 7. The maximum Gasteiger partial charge on any atom is 0.241 e. The van der Waals surface area contributed by atoms with Crippen molar-refractivity contribution in [2.24, 2.45) is 0 Å². The van der Waals surface area contributed by atoms with Gasteiger partial charge in [0.05, 0.1) is 11.0 Å². The van der Waals surface area contributed by atoms with E-state index in [1.807, 2.05) is 57.9 Å². The molecule has 0 fully saturated rings. The van der Waals surface area contributed by atoms with Crippen LogP contribution in [0.3, 0.4) is 0 Å². The van der Waals surface area contributed by atoms with Crippen molar-refractivity contribution in [2.75, 3.05) is 0 Å². The van der Waals surface area contributed by atoms with Gasteiger partial charge in [-0.05, 0) is 48.5 Å². The van der Waals surface area contributed by atoms with Crippen molar-refractivity contribution in [3.63, 3.8) is 0 Å². The zero-order valence-corrected chi connectivity index (χ0v) is 24.5. The highest BCUT2D eigenvalue weighted by Gasteiger charge is 2.21. The first-order valence-electron chi connectivity index (χ1n) is 14.7. The molecule has 210 valence electrons. The molecule has 0 saturated carbocycles. The van der Waals surface area contributed by atoms with Gasteiger partial charge in [-0.2, -0.15) is 15.0 Å². The molecule has 10 aromatic rings. The lowest BCUT2D eigenvalue weighted by Gasteiger charge is -2.12. The smallest absolute Gasteiger partial charge is 0.241 e. The fraction of sp³-hybridized carbons (Fsp3) is 0. The van der Waals surface area contributed by atoms with Crippen LogP contribution in [0.25, 0.3) is 87.3 Å². The molecule has 7 nitrogen and oxygen atoms in total. The Morgan fingerprint density at radius 3 is 1.62 bits per heavy atom. The zero-order chi connectivity index (χ0) is 29.5. The summed E-state index contributed by atoms with van der Waals surface area (Å²) in [6.45, 7) is 0. The van der Waals surface area contributed by atoms with Crippen LogP contribution < -0.4 is 0 Å². The number of benzene rings is 4. The van der Waals surface area contributed by atoms with Crippen LogP contribution >= 0.6 is 11.3 Å². The molecule has 45 heavy (non-hydrogen) atoms. The minimum atomic E-state index is 0.498. The monoisotopic (exact) mass is 595 g/mol. The van der Waals surface area contributed by atoms with Crippen molar-refractivity contribution in [3.05, 3.63) is 128 Å². The van der Waals surface area contributed by atoms with Crippen LogP contribution in [0.1, 0.15) is 0 Å². The van der Waals surface area contributed by atoms with Gasteiger partial charge >= 0.3 is 0 Å². The van der Waals surface area contributed by atoms with Crippen LogP contribution in [0, 0.1) is 0 Å². The van der Waals surface area contributed by atoms with Gasteiger partial charge in [0.25, 0.3) is 0 Å². The highest BCUT2D eigenvalue weighted by Crippen LogP contribution is 2.37. The Labute approximate surface area is 259 Å². The molecule has 0 N–H and O–H groups in total. The number of hydrogen-bond donors (Lipinski definition) is 0. The summed E-state index contributed by atoms with van der Waals surface area (Å²) >= 11 is 1.78. The number of hydrogen-bond acceptors (Lipinski definition) is 6. The molecular formula is C37H21N7S. The van der Waals surface area contributed by atoms with Gasteiger partial charge in [0, 0.05) is 59.7 Å². The third kappa shape index (κ3) is 3.54. The SMILES string of the molecule is c1ccc2c(c1)sc1cc(-c3nc(-n4c5ccccc5c5cccnc54)nc(-n4c5ccccc5c5cccnc54)n3)ccc12. The Morgan fingerprint density at radius 2 is 0.978 bits per heavy atom. The van der Waals surface area contributed by atoms with Gasteiger partial charge in [0.15, 0.2) is 5.82 Å². The van der Waals surface area contributed by atoms with Crippen molar-refractivity contribution in [1.82, 2.24) is 34.1 Å². The molecule has 10 rings (SSSR count). The first kappa shape index (κ1) is 24.5. The predicted octanol–water partition coefficient (Wildman–Crippen LogP) is 8.89. The van der Waals surface area contributed by atoms with E-state index in [0.29, 0.717) is 17.7 Å². The summed E-state index contributed by atoms with van der Waals surface area (Å²) in [5.74, 6) is 1.58. The highest BCUT2D eigenvalue weighted by molar-refractivity contribution is 7.25. The van der Waals surface area contributed by atoms with Crippen molar-refractivity contribution in [2.45, 2.75) is 0 Å². The van der Waals surface area contributed by atoms with Crippen LogP contribution in [-0.2, 0) is 0 Å². The lowest BCUT2D eigenvalue weighted by molar-refractivity contribution is 0.884. The van der Waals surface area contributed by atoms with Gasteiger partial charge in [-0.15, -0.1) is 11.3 Å². The van der Waals surface area contributed by atoms with E-state index >= 15 is 0 Å². The molecule has 0 atom stereocenters. The second kappa shape index (κ2) is 9.25. The molecule has 0 bridgehead atoms. The summed E-state index contributed by atoms with van der Waals surface area (Å²) in [5, 5.41) is 6.76. The molecule has 0 radical (unpaired) electrons. The van der Waals surface area contributed by atoms with Crippen molar-refractivity contribution < 1.29 is 0 Å². The third-order valence-electron chi connectivity index (χ3n) is 8.52. The molecule has 8 heteroatoms.